The average Bonchev–Trinajstić information content (AvgIpc) is 2.76. The number of nitrogens with zero attached hydrogens (tertiary/aromatic N) is 1. The van der Waals surface area contributed by atoms with Crippen LogP contribution < -0.4 is 10.6 Å². The zero-order chi connectivity index (χ0) is 23.7. The van der Waals surface area contributed by atoms with E-state index in [0.29, 0.717) is 5.69 Å². The molecule has 0 unspecified atom stereocenters. The van der Waals surface area contributed by atoms with Crippen molar-refractivity contribution in [3.8, 4) is 0 Å². The summed E-state index contributed by atoms with van der Waals surface area (Å²) in [7, 11) is -2.61. The maximum Gasteiger partial charge on any atom is 0.243 e. The van der Waals surface area contributed by atoms with Gasteiger partial charge in [0.1, 0.15) is 0 Å². The molecule has 0 aliphatic rings. The van der Waals surface area contributed by atoms with E-state index in [1.807, 2.05) is 37.3 Å². The third-order valence-electron chi connectivity index (χ3n) is 4.59. The Morgan fingerprint density at radius 3 is 2.31 bits per heavy atom. The van der Waals surface area contributed by atoms with Crippen molar-refractivity contribution in [3.05, 3.63) is 60.2 Å². The van der Waals surface area contributed by atoms with Crippen LogP contribution in [-0.4, -0.2) is 62.5 Å². The number of carbonyl (C=O) groups excluding carboxylic acids is 2. The van der Waals surface area contributed by atoms with Crippen molar-refractivity contribution >= 4 is 27.5 Å². The fraction of sp³-hybridized carbons (Fsp3) is 0.364. The summed E-state index contributed by atoms with van der Waals surface area (Å²) in [6, 6.07) is 15.2. The van der Waals surface area contributed by atoms with E-state index in [-0.39, 0.29) is 30.1 Å². The van der Waals surface area contributed by atoms with Crippen molar-refractivity contribution in [1.82, 2.24) is 9.62 Å². The summed E-state index contributed by atoms with van der Waals surface area (Å²) in [5.41, 5.74) is 1.44. The third kappa shape index (κ3) is 7.72. The smallest absolute Gasteiger partial charge is 0.243 e. The molecular formula is C22H29N3O6S. The Labute approximate surface area is 188 Å². The van der Waals surface area contributed by atoms with Crippen molar-refractivity contribution in [2.45, 2.75) is 31.0 Å². The molecule has 0 heterocycles. The van der Waals surface area contributed by atoms with Crippen LogP contribution in [0.15, 0.2) is 59.5 Å². The first kappa shape index (κ1) is 25.5. The van der Waals surface area contributed by atoms with Gasteiger partial charge in [-0.3, -0.25) is 9.59 Å². The summed E-state index contributed by atoms with van der Waals surface area (Å²) in [6.45, 7) is 2.75. The van der Waals surface area contributed by atoms with Gasteiger partial charge in [-0.2, -0.15) is 4.31 Å². The normalized spacial score (nSPS) is 13.4. The molecule has 10 heteroatoms. The first-order chi connectivity index (χ1) is 15.1. The number of likely N-dealkylation sites (N-methyl/N-ethyl adjacent to an activating group) is 1. The fourth-order valence-electron chi connectivity index (χ4n) is 2.80. The van der Waals surface area contributed by atoms with Crippen molar-refractivity contribution < 1.29 is 27.9 Å². The molecule has 0 bridgehead atoms. The topological polar surface area (TPSA) is 125 Å². The number of nitrogens with one attached hydrogen (secondary N) is 2. The lowest BCUT2D eigenvalue weighted by Crippen LogP contribution is -2.41. The van der Waals surface area contributed by atoms with Gasteiger partial charge in [0, 0.05) is 26.2 Å². The Hall–Kier alpha value is -2.79. The van der Waals surface area contributed by atoms with Gasteiger partial charge in [-0.25, -0.2) is 8.42 Å². The molecule has 0 saturated carbocycles. The van der Waals surface area contributed by atoms with Gasteiger partial charge < -0.3 is 20.5 Å². The molecule has 9 nitrogen and oxygen atoms in total. The monoisotopic (exact) mass is 463 g/mol. The zero-order valence-electron chi connectivity index (χ0n) is 18.3. The molecular weight excluding hydrogens is 434 g/mol. The number of hydrogen-bond donors (Lipinski definition) is 3. The van der Waals surface area contributed by atoms with Gasteiger partial charge in [-0.1, -0.05) is 30.3 Å². The Kier molecular flexibility index (Phi) is 9.33. The number of aliphatic hydroxyl groups is 1. The van der Waals surface area contributed by atoms with E-state index in [9.17, 15) is 23.1 Å². The van der Waals surface area contributed by atoms with Crippen molar-refractivity contribution in [3.63, 3.8) is 0 Å². The molecule has 2 rings (SSSR count). The van der Waals surface area contributed by atoms with E-state index < -0.39 is 28.6 Å². The van der Waals surface area contributed by atoms with Gasteiger partial charge >= 0.3 is 0 Å². The van der Waals surface area contributed by atoms with Crippen LogP contribution in [0.3, 0.4) is 0 Å². The van der Waals surface area contributed by atoms with E-state index in [2.05, 4.69) is 10.6 Å². The summed E-state index contributed by atoms with van der Waals surface area (Å²) in [5, 5.41) is 15.1. The summed E-state index contributed by atoms with van der Waals surface area (Å²) in [6.07, 6.45) is -1.15. The number of benzene rings is 2. The van der Waals surface area contributed by atoms with Crippen LogP contribution >= 0.6 is 0 Å². The lowest BCUT2D eigenvalue weighted by molar-refractivity contribution is -0.122. The number of ether oxygens (including phenoxy) is 1. The molecule has 2 atom stereocenters. The van der Waals surface area contributed by atoms with Crippen LogP contribution in [0.1, 0.15) is 25.5 Å². The Bertz CT molecular complexity index is 996. The molecule has 0 fully saturated rings. The SMILES string of the molecule is CC(=O)Nc1ccc(S(=O)(=O)N(C)CC(=O)NC[C@@H](O)CO[C@H](C)c2ccccc2)cc1. The summed E-state index contributed by atoms with van der Waals surface area (Å²) in [4.78, 5) is 23.2. The van der Waals surface area contributed by atoms with Gasteiger partial charge in [0.15, 0.2) is 0 Å². The molecule has 0 radical (unpaired) electrons. The standard InChI is InChI=1S/C22H29N3O6S/c1-16(18-7-5-4-6-8-18)31-15-20(27)13-23-22(28)14-25(3)32(29,30)21-11-9-19(10-12-21)24-17(2)26/h4-12,16,20,27H,13-15H2,1-3H3,(H,23,28)(H,24,26)/t16-,20-/m1/s1. The van der Waals surface area contributed by atoms with Crippen LogP contribution in [0.2, 0.25) is 0 Å². The number of rotatable bonds is 11. The first-order valence-electron chi connectivity index (χ1n) is 10.0. The third-order valence-corrected chi connectivity index (χ3v) is 6.41. The quantitative estimate of drug-likeness (QED) is 0.464. The second-order valence-electron chi connectivity index (χ2n) is 7.31. The van der Waals surface area contributed by atoms with Gasteiger partial charge in [0.05, 0.1) is 30.3 Å². The minimum Gasteiger partial charge on any atom is -0.389 e. The van der Waals surface area contributed by atoms with Crippen molar-refractivity contribution in [2.24, 2.45) is 0 Å². The minimum atomic E-state index is -3.90. The fourth-order valence-corrected chi connectivity index (χ4v) is 3.93. The molecule has 2 amide bonds. The van der Waals surface area contributed by atoms with Crippen LogP contribution in [0.4, 0.5) is 5.69 Å². The second-order valence-corrected chi connectivity index (χ2v) is 9.36. The summed E-state index contributed by atoms with van der Waals surface area (Å²) in [5.74, 6) is -0.822. The van der Waals surface area contributed by atoms with E-state index in [4.69, 9.17) is 4.74 Å². The highest BCUT2D eigenvalue weighted by Crippen LogP contribution is 2.18. The number of sulfonamides is 1. The highest BCUT2D eigenvalue weighted by molar-refractivity contribution is 7.89. The Morgan fingerprint density at radius 2 is 1.72 bits per heavy atom. The van der Waals surface area contributed by atoms with Crippen LogP contribution in [0, 0.1) is 0 Å². The largest absolute Gasteiger partial charge is 0.389 e. The predicted octanol–water partition coefficient (Wildman–Crippen LogP) is 1.52. The van der Waals surface area contributed by atoms with E-state index in [0.717, 1.165) is 9.87 Å². The predicted molar refractivity (Wildman–Crippen MR) is 120 cm³/mol. The van der Waals surface area contributed by atoms with E-state index in [1.165, 1.54) is 38.2 Å². The Morgan fingerprint density at radius 1 is 1.09 bits per heavy atom. The molecule has 0 aliphatic heterocycles. The lowest BCUT2D eigenvalue weighted by Gasteiger charge is -2.19. The molecule has 0 aromatic heterocycles. The first-order valence-corrected chi connectivity index (χ1v) is 11.5. The number of hydrogen-bond acceptors (Lipinski definition) is 6. The minimum absolute atomic E-state index is 0.00904. The van der Waals surface area contributed by atoms with Gasteiger partial charge in [-0.15, -0.1) is 0 Å². The molecule has 2 aromatic carbocycles. The number of amides is 2. The van der Waals surface area contributed by atoms with Gasteiger partial charge in [0.2, 0.25) is 21.8 Å². The average molecular weight is 464 g/mol. The second kappa shape index (κ2) is 11.7. The van der Waals surface area contributed by atoms with Gasteiger partial charge in [0.25, 0.3) is 0 Å². The highest BCUT2D eigenvalue weighted by Gasteiger charge is 2.23. The van der Waals surface area contributed by atoms with Crippen molar-refractivity contribution in [2.75, 3.05) is 32.1 Å². The maximum atomic E-state index is 12.6. The molecule has 32 heavy (non-hydrogen) atoms. The molecule has 0 saturated heterocycles. The maximum absolute atomic E-state index is 12.6. The van der Waals surface area contributed by atoms with Gasteiger partial charge in [-0.05, 0) is 36.8 Å². The molecule has 0 spiro atoms. The number of aliphatic hydroxyl groups excluding tert-OH is 1. The molecule has 0 aliphatic carbocycles. The molecule has 2 aromatic rings. The molecule has 174 valence electrons. The lowest BCUT2D eigenvalue weighted by atomic mass is 10.1. The molecule has 3 N–H and O–H groups in total. The summed E-state index contributed by atoms with van der Waals surface area (Å²) >= 11 is 0. The number of carbonyl (C=O) groups is 2. The van der Waals surface area contributed by atoms with E-state index in [1.54, 1.807) is 0 Å². The van der Waals surface area contributed by atoms with E-state index >= 15 is 0 Å². The van der Waals surface area contributed by atoms with Crippen LogP contribution in [0.5, 0.6) is 0 Å². The van der Waals surface area contributed by atoms with Crippen molar-refractivity contribution in [1.29, 1.82) is 0 Å². The van der Waals surface area contributed by atoms with Crippen LogP contribution in [0.25, 0.3) is 0 Å². The number of anilines is 1. The summed E-state index contributed by atoms with van der Waals surface area (Å²) < 4.78 is 31.8. The highest BCUT2D eigenvalue weighted by atomic mass is 32.2. The zero-order valence-corrected chi connectivity index (χ0v) is 19.1. The Balaban J connectivity index is 1.80. The van der Waals surface area contributed by atoms with Crippen LogP contribution in [-0.2, 0) is 24.3 Å².